The lowest BCUT2D eigenvalue weighted by atomic mass is 9.94. The first kappa shape index (κ1) is 24.9. The Kier molecular flexibility index (Phi) is 7.20. The molecule has 0 aliphatic carbocycles. The van der Waals surface area contributed by atoms with Crippen LogP contribution in [-0.4, -0.2) is 90.9 Å². The highest BCUT2D eigenvalue weighted by Crippen LogP contribution is 2.42. The van der Waals surface area contributed by atoms with E-state index in [4.69, 9.17) is 18.9 Å². The maximum absolute atomic E-state index is 13.4. The lowest BCUT2D eigenvalue weighted by Crippen LogP contribution is -2.42. The smallest absolute Gasteiger partial charge is 0.295 e. The van der Waals surface area contributed by atoms with Gasteiger partial charge in [-0.15, -0.1) is 0 Å². The zero-order chi connectivity index (χ0) is 25.9. The van der Waals surface area contributed by atoms with Crippen molar-refractivity contribution in [3.63, 3.8) is 0 Å². The number of Topliss-reactive ketones (excluding diaryl/α,β-unsaturated/α-hetero) is 1. The second-order valence-corrected chi connectivity index (χ2v) is 8.97. The van der Waals surface area contributed by atoms with Crippen LogP contribution in [0.3, 0.4) is 0 Å². The summed E-state index contributed by atoms with van der Waals surface area (Å²) in [4.78, 5) is 30.3. The molecule has 1 unspecified atom stereocenters. The molecule has 1 atom stereocenters. The average Bonchev–Trinajstić information content (AvgIpc) is 3.18. The standard InChI is InChI=1S/C27H30N2O8/c1-2-35-21-15-17(3-5-19(21)30)24-23(25(31)18-4-6-20-22(16-18)37-14-13-36-20)26(32)27(33)29(24)8-7-28-9-11-34-12-10-28/h3-6,15-16,24,30-31H,2,7-14H2,1H3. The van der Waals surface area contributed by atoms with E-state index in [9.17, 15) is 19.8 Å². The number of amides is 1. The molecule has 3 heterocycles. The van der Waals surface area contributed by atoms with Crippen molar-refractivity contribution in [2.45, 2.75) is 13.0 Å². The minimum absolute atomic E-state index is 0.0307. The quantitative estimate of drug-likeness (QED) is 0.329. The number of morpholine rings is 1. The monoisotopic (exact) mass is 510 g/mol. The first-order chi connectivity index (χ1) is 18.0. The molecule has 10 heteroatoms. The number of carbonyl (C=O) groups excluding carboxylic acids is 2. The number of carbonyl (C=O) groups is 2. The average molecular weight is 511 g/mol. The number of hydrogen-bond acceptors (Lipinski definition) is 9. The van der Waals surface area contributed by atoms with Gasteiger partial charge in [0.25, 0.3) is 11.7 Å². The Balaban J connectivity index is 1.56. The Bertz CT molecular complexity index is 1220. The molecule has 3 aliphatic heterocycles. The fourth-order valence-electron chi connectivity index (χ4n) is 4.85. The molecular weight excluding hydrogens is 480 g/mol. The maximum Gasteiger partial charge on any atom is 0.295 e. The summed E-state index contributed by atoms with van der Waals surface area (Å²) in [6, 6.07) is 8.73. The topological polar surface area (TPSA) is 118 Å². The summed E-state index contributed by atoms with van der Waals surface area (Å²) >= 11 is 0. The van der Waals surface area contributed by atoms with E-state index >= 15 is 0 Å². The Morgan fingerprint density at radius 2 is 1.76 bits per heavy atom. The number of phenols is 1. The Labute approximate surface area is 214 Å². The molecule has 196 valence electrons. The van der Waals surface area contributed by atoms with E-state index < -0.39 is 17.7 Å². The van der Waals surface area contributed by atoms with Gasteiger partial charge >= 0.3 is 0 Å². The van der Waals surface area contributed by atoms with Crippen LogP contribution in [0.1, 0.15) is 24.1 Å². The van der Waals surface area contributed by atoms with Crippen LogP contribution in [0.25, 0.3) is 5.76 Å². The van der Waals surface area contributed by atoms with Crippen LogP contribution < -0.4 is 14.2 Å². The number of rotatable bonds is 7. The summed E-state index contributed by atoms with van der Waals surface area (Å²) < 4.78 is 22.2. The molecule has 0 saturated carbocycles. The van der Waals surface area contributed by atoms with Crippen molar-refractivity contribution in [1.29, 1.82) is 0 Å². The SMILES string of the molecule is CCOc1cc(C2C(=C(O)c3ccc4c(c3)OCCO4)C(=O)C(=O)N2CCN2CCOCC2)ccc1O. The van der Waals surface area contributed by atoms with Crippen molar-refractivity contribution in [2.75, 3.05) is 59.2 Å². The number of ketones is 1. The summed E-state index contributed by atoms with van der Waals surface area (Å²) in [5.41, 5.74) is 0.850. The van der Waals surface area contributed by atoms with Gasteiger partial charge < -0.3 is 34.1 Å². The molecule has 1 amide bonds. The van der Waals surface area contributed by atoms with Gasteiger partial charge in [-0.25, -0.2) is 0 Å². The summed E-state index contributed by atoms with van der Waals surface area (Å²) in [6.45, 7) is 6.44. The van der Waals surface area contributed by atoms with Crippen LogP contribution in [0.2, 0.25) is 0 Å². The largest absolute Gasteiger partial charge is 0.507 e. The number of likely N-dealkylation sites (tertiary alicyclic amines) is 1. The predicted molar refractivity (Wildman–Crippen MR) is 133 cm³/mol. The van der Waals surface area contributed by atoms with Gasteiger partial charge in [0.2, 0.25) is 0 Å². The van der Waals surface area contributed by atoms with Gasteiger partial charge in [0, 0.05) is 31.7 Å². The molecule has 2 N–H and O–H groups in total. The molecule has 0 radical (unpaired) electrons. The normalized spacial score (nSPS) is 21.3. The molecule has 2 aromatic carbocycles. The van der Waals surface area contributed by atoms with Gasteiger partial charge in [-0.3, -0.25) is 14.5 Å². The van der Waals surface area contributed by atoms with Crippen LogP contribution >= 0.6 is 0 Å². The third kappa shape index (κ3) is 4.94. The van der Waals surface area contributed by atoms with Crippen molar-refractivity contribution < 1.29 is 38.7 Å². The lowest BCUT2D eigenvalue weighted by Gasteiger charge is -2.31. The van der Waals surface area contributed by atoms with E-state index in [-0.39, 0.29) is 29.4 Å². The second kappa shape index (κ2) is 10.7. The molecule has 10 nitrogen and oxygen atoms in total. The van der Waals surface area contributed by atoms with Gasteiger partial charge in [0.1, 0.15) is 19.0 Å². The van der Waals surface area contributed by atoms with Gasteiger partial charge in [-0.05, 0) is 42.8 Å². The zero-order valence-corrected chi connectivity index (χ0v) is 20.6. The van der Waals surface area contributed by atoms with Crippen LogP contribution in [0, 0.1) is 0 Å². The minimum atomic E-state index is -0.867. The van der Waals surface area contributed by atoms with Gasteiger partial charge in [-0.1, -0.05) is 6.07 Å². The van der Waals surface area contributed by atoms with Crippen molar-refractivity contribution in [3.05, 3.63) is 53.1 Å². The van der Waals surface area contributed by atoms with E-state index in [2.05, 4.69) is 4.90 Å². The zero-order valence-electron chi connectivity index (χ0n) is 20.6. The van der Waals surface area contributed by atoms with E-state index in [0.29, 0.717) is 62.2 Å². The number of aliphatic hydroxyl groups excluding tert-OH is 1. The van der Waals surface area contributed by atoms with Crippen molar-refractivity contribution in [1.82, 2.24) is 9.80 Å². The summed E-state index contributed by atoms with van der Waals surface area (Å²) in [5, 5.41) is 21.6. The maximum atomic E-state index is 13.4. The highest BCUT2D eigenvalue weighted by Gasteiger charge is 2.46. The number of nitrogens with zero attached hydrogens (tertiary/aromatic N) is 2. The molecule has 2 fully saturated rings. The van der Waals surface area contributed by atoms with Crippen LogP contribution in [0.4, 0.5) is 0 Å². The Hall–Kier alpha value is -3.76. The molecule has 0 bridgehead atoms. The number of aromatic hydroxyl groups is 1. The Morgan fingerprint density at radius 3 is 2.51 bits per heavy atom. The van der Waals surface area contributed by atoms with Gasteiger partial charge in [0.15, 0.2) is 23.0 Å². The summed E-state index contributed by atoms with van der Waals surface area (Å²) in [5.74, 6) is -0.586. The van der Waals surface area contributed by atoms with E-state index in [1.54, 1.807) is 37.3 Å². The Morgan fingerprint density at radius 1 is 1.00 bits per heavy atom. The molecule has 2 saturated heterocycles. The number of benzene rings is 2. The molecule has 37 heavy (non-hydrogen) atoms. The van der Waals surface area contributed by atoms with Gasteiger partial charge in [0.05, 0.1) is 31.4 Å². The molecule has 0 spiro atoms. The number of ether oxygens (including phenoxy) is 4. The molecular formula is C27H30N2O8. The van der Waals surface area contributed by atoms with Gasteiger partial charge in [-0.2, -0.15) is 0 Å². The van der Waals surface area contributed by atoms with Crippen LogP contribution in [0.15, 0.2) is 42.0 Å². The third-order valence-corrected chi connectivity index (χ3v) is 6.72. The first-order valence-corrected chi connectivity index (χ1v) is 12.4. The second-order valence-electron chi connectivity index (χ2n) is 8.97. The van der Waals surface area contributed by atoms with Crippen molar-refractivity contribution in [3.8, 4) is 23.0 Å². The molecule has 2 aromatic rings. The van der Waals surface area contributed by atoms with E-state index in [0.717, 1.165) is 13.1 Å². The first-order valence-electron chi connectivity index (χ1n) is 12.4. The summed E-state index contributed by atoms with van der Waals surface area (Å²) in [6.07, 6.45) is 0. The number of aliphatic hydroxyl groups is 1. The fourth-order valence-corrected chi connectivity index (χ4v) is 4.85. The number of hydrogen-bond donors (Lipinski definition) is 2. The molecule has 3 aliphatic rings. The number of phenolic OH excluding ortho intramolecular Hbond substituents is 1. The minimum Gasteiger partial charge on any atom is -0.507 e. The number of fused-ring (bicyclic) bond motifs is 1. The van der Waals surface area contributed by atoms with Crippen LogP contribution in [0.5, 0.6) is 23.0 Å². The third-order valence-electron chi connectivity index (χ3n) is 6.72. The fraction of sp³-hybridized carbons (Fsp3) is 0.407. The van der Waals surface area contributed by atoms with E-state index in [1.807, 2.05) is 0 Å². The molecule has 5 rings (SSSR count). The summed E-state index contributed by atoms with van der Waals surface area (Å²) in [7, 11) is 0. The molecule has 0 aromatic heterocycles. The highest BCUT2D eigenvalue weighted by atomic mass is 16.6. The highest BCUT2D eigenvalue weighted by molar-refractivity contribution is 6.46. The van der Waals surface area contributed by atoms with E-state index in [1.165, 1.54) is 11.0 Å². The predicted octanol–water partition coefficient (Wildman–Crippen LogP) is 2.32. The van der Waals surface area contributed by atoms with Crippen LogP contribution in [-0.2, 0) is 14.3 Å². The van der Waals surface area contributed by atoms with Crippen molar-refractivity contribution >= 4 is 17.4 Å². The van der Waals surface area contributed by atoms with Crippen molar-refractivity contribution in [2.24, 2.45) is 0 Å². The lowest BCUT2D eigenvalue weighted by molar-refractivity contribution is -0.140.